The number of aryl methyl sites for hydroxylation is 2. The summed E-state index contributed by atoms with van der Waals surface area (Å²) in [6.45, 7) is 2.17. The number of fused-ring (bicyclic) bond motifs is 1. The van der Waals surface area contributed by atoms with Crippen molar-refractivity contribution in [3.05, 3.63) is 29.6 Å². The van der Waals surface area contributed by atoms with Crippen molar-refractivity contribution in [2.45, 2.75) is 39.0 Å². The third-order valence-electron chi connectivity index (χ3n) is 3.19. The SMILES string of the molecule is CCCCc1nc2c(CCC(=O)NN)cccc2[nH]1. The Morgan fingerprint density at radius 1 is 1.42 bits per heavy atom. The zero-order valence-electron chi connectivity index (χ0n) is 11.2. The van der Waals surface area contributed by atoms with Crippen LogP contribution in [-0.4, -0.2) is 15.9 Å². The van der Waals surface area contributed by atoms with E-state index in [0.717, 1.165) is 41.7 Å². The lowest BCUT2D eigenvalue weighted by atomic mass is 10.1. The van der Waals surface area contributed by atoms with Gasteiger partial charge in [0.25, 0.3) is 0 Å². The summed E-state index contributed by atoms with van der Waals surface area (Å²) >= 11 is 0. The van der Waals surface area contributed by atoms with Crippen LogP contribution in [0.5, 0.6) is 0 Å². The third kappa shape index (κ3) is 3.32. The van der Waals surface area contributed by atoms with Crippen molar-refractivity contribution in [3.63, 3.8) is 0 Å². The van der Waals surface area contributed by atoms with E-state index in [-0.39, 0.29) is 5.91 Å². The van der Waals surface area contributed by atoms with Gasteiger partial charge in [-0.1, -0.05) is 25.5 Å². The number of amides is 1. The second kappa shape index (κ2) is 6.33. The summed E-state index contributed by atoms with van der Waals surface area (Å²) < 4.78 is 0. The number of para-hydroxylation sites is 1. The highest BCUT2D eigenvalue weighted by molar-refractivity contribution is 5.80. The number of carbonyl (C=O) groups excluding carboxylic acids is 1. The fraction of sp³-hybridized carbons (Fsp3) is 0.429. The molecule has 1 aromatic heterocycles. The first kappa shape index (κ1) is 13.5. The number of hydrogen-bond donors (Lipinski definition) is 3. The summed E-state index contributed by atoms with van der Waals surface area (Å²) in [6.07, 6.45) is 4.28. The van der Waals surface area contributed by atoms with Gasteiger partial charge in [0, 0.05) is 12.8 Å². The number of nitrogens with one attached hydrogen (secondary N) is 2. The molecule has 1 aromatic carbocycles. The number of rotatable bonds is 6. The first-order chi connectivity index (χ1) is 9.24. The van der Waals surface area contributed by atoms with Gasteiger partial charge in [0.1, 0.15) is 5.82 Å². The molecule has 0 unspecified atom stereocenters. The molecule has 5 heteroatoms. The zero-order chi connectivity index (χ0) is 13.7. The molecule has 102 valence electrons. The summed E-state index contributed by atoms with van der Waals surface area (Å²) in [7, 11) is 0. The minimum Gasteiger partial charge on any atom is -0.342 e. The van der Waals surface area contributed by atoms with E-state index in [2.05, 4.69) is 22.3 Å². The second-order valence-corrected chi connectivity index (χ2v) is 4.67. The fourth-order valence-electron chi connectivity index (χ4n) is 2.13. The maximum absolute atomic E-state index is 11.2. The van der Waals surface area contributed by atoms with Gasteiger partial charge in [-0.25, -0.2) is 10.8 Å². The smallest absolute Gasteiger partial charge is 0.234 e. The van der Waals surface area contributed by atoms with Crippen LogP contribution in [0.4, 0.5) is 0 Å². The first-order valence-electron chi connectivity index (χ1n) is 6.70. The second-order valence-electron chi connectivity index (χ2n) is 4.67. The lowest BCUT2D eigenvalue weighted by Gasteiger charge is -2.01. The Morgan fingerprint density at radius 3 is 3.00 bits per heavy atom. The quantitative estimate of drug-likeness (QED) is 0.421. The van der Waals surface area contributed by atoms with E-state index < -0.39 is 0 Å². The molecular formula is C14H20N4O. The molecule has 0 saturated carbocycles. The third-order valence-corrected chi connectivity index (χ3v) is 3.19. The molecule has 0 aliphatic heterocycles. The lowest BCUT2D eigenvalue weighted by Crippen LogP contribution is -2.30. The van der Waals surface area contributed by atoms with Crippen LogP contribution in [0, 0.1) is 0 Å². The molecule has 0 saturated heterocycles. The minimum absolute atomic E-state index is 0.154. The molecule has 2 aromatic rings. The minimum atomic E-state index is -0.154. The number of imidazole rings is 1. The predicted octanol–water partition coefficient (Wildman–Crippen LogP) is 1.83. The summed E-state index contributed by atoms with van der Waals surface area (Å²) in [5.74, 6) is 5.95. The molecule has 2 rings (SSSR count). The van der Waals surface area contributed by atoms with E-state index in [4.69, 9.17) is 5.84 Å². The van der Waals surface area contributed by atoms with Crippen LogP contribution >= 0.6 is 0 Å². The van der Waals surface area contributed by atoms with Crippen molar-refractivity contribution >= 4 is 16.9 Å². The average Bonchev–Trinajstić information content (AvgIpc) is 2.85. The van der Waals surface area contributed by atoms with Crippen LogP contribution in [0.1, 0.15) is 37.6 Å². The molecule has 0 fully saturated rings. The molecule has 0 radical (unpaired) electrons. The number of hydrogen-bond acceptors (Lipinski definition) is 3. The molecule has 19 heavy (non-hydrogen) atoms. The van der Waals surface area contributed by atoms with Crippen molar-refractivity contribution in [2.75, 3.05) is 0 Å². The Bertz CT molecular complexity index is 562. The van der Waals surface area contributed by atoms with Crippen molar-refractivity contribution in [3.8, 4) is 0 Å². The van der Waals surface area contributed by atoms with E-state index in [9.17, 15) is 4.79 Å². The molecule has 4 N–H and O–H groups in total. The number of H-pyrrole nitrogens is 1. The van der Waals surface area contributed by atoms with Gasteiger partial charge < -0.3 is 4.98 Å². The number of benzene rings is 1. The van der Waals surface area contributed by atoms with Gasteiger partial charge in [-0.2, -0.15) is 0 Å². The first-order valence-corrected chi connectivity index (χ1v) is 6.70. The summed E-state index contributed by atoms with van der Waals surface area (Å²) in [4.78, 5) is 19.2. The maximum Gasteiger partial charge on any atom is 0.234 e. The van der Waals surface area contributed by atoms with Gasteiger partial charge in [0.15, 0.2) is 0 Å². The van der Waals surface area contributed by atoms with E-state index in [1.807, 2.05) is 18.2 Å². The summed E-state index contributed by atoms with van der Waals surface area (Å²) in [6, 6.07) is 6.01. The number of aromatic amines is 1. The molecule has 0 spiro atoms. The van der Waals surface area contributed by atoms with Gasteiger partial charge in [-0.15, -0.1) is 0 Å². The van der Waals surface area contributed by atoms with Crippen molar-refractivity contribution in [2.24, 2.45) is 5.84 Å². The standard InChI is InChI=1S/C14H20N4O/c1-2-3-7-12-16-11-6-4-5-10(14(11)17-12)8-9-13(19)18-15/h4-6H,2-3,7-9,15H2,1H3,(H,16,17)(H,18,19). The highest BCUT2D eigenvalue weighted by atomic mass is 16.2. The zero-order valence-corrected chi connectivity index (χ0v) is 11.2. The fourth-order valence-corrected chi connectivity index (χ4v) is 2.13. The van der Waals surface area contributed by atoms with Gasteiger partial charge in [-0.3, -0.25) is 10.2 Å². The lowest BCUT2D eigenvalue weighted by molar-refractivity contribution is -0.121. The number of carbonyl (C=O) groups is 1. The predicted molar refractivity (Wildman–Crippen MR) is 75.4 cm³/mol. The number of hydrazine groups is 1. The van der Waals surface area contributed by atoms with E-state index in [1.54, 1.807) is 0 Å². The van der Waals surface area contributed by atoms with Crippen molar-refractivity contribution in [1.29, 1.82) is 0 Å². The van der Waals surface area contributed by atoms with Gasteiger partial charge in [-0.05, 0) is 24.5 Å². The molecule has 0 atom stereocenters. The van der Waals surface area contributed by atoms with Crippen LogP contribution in [0.3, 0.4) is 0 Å². The highest BCUT2D eigenvalue weighted by Gasteiger charge is 2.08. The van der Waals surface area contributed by atoms with Gasteiger partial charge in [0.2, 0.25) is 5.91 Å². The molecule has 0 aliphatic rings. The van der Waals surface area contributed by atoms with E-state index in [0.29, 0.717) is 12.8 Å². The van der Waals surface area contributed by atoms with Crippen LogP contribution in [0.15, 0.2) is 18.2 Å². The van der Waals surface area contributed by atoms with E-state index >= 15 is 0 Å². The topological polar surface area (TPSA) is 83.8 Å². The Kier molecular flexibility index (Phi) is 4.52. The van der Waals surface area contributed by atoms with Gasteiger partial charge >= 0.3 is 0 Å². The largest absolute Gasteiger partial charge is 0.342 e. The Labute approximate surface area is 112 Å². The Morgan fingerprint density at radius 2 is 2.26 bits per heavy atom. The number of nitrogens with zero attached hydrogens (tertiary/aromatic N) is 1. The monoisotopic (exact) mass is 260 g/mol. The van der Waals surface area contributed by atoms with Gasteiger partial charge in [0.05, 0.1) is 11.0 Å². The number of nitrogens with two attached hydrogens (primary N) is 1. The highest BCUT2D eigenvalue weighted by Crippen LogP contribution is 2.18. The Hall–Kier alpha value is -1.88. The summed E-state index contributed by atoms with van der Waals surface area (Å²) in [5.41, 5.74) is 5.24. The normalized spacial score (nSPS) is 10.8. The Balaban J connectivity index is 2.18. The number of aromatic nitrogens is 2. The van der Waals surface area contributed by atoms with Crippen LogP contribution < -0.4 is 11.3 Å². The molecule has 0 bridgehead atoms. The summed E-state index contributed by atoms with van der Waals surface area (Å²) in [5, 5.41) is 0. The van der Waals surface area contributed by atoms with Crippen molar-refractivity contribution < 1.29 is 4.79 Å². The molecule has 0 aliphatic carbocycles. The maximum atomic E-state index is 11.2. The van der Waals surface area contributed by atoms with Crippen molar-refractivity contribution in [1.82, 2.24) is 15.4 Å². The van der Waals surface area contributed by atoms with Crippen LogP contribution in [-0.2, 0) is 17.6 Å². The molecule has 1 amide bonds. The molecule has 1 heterocycles. The molecule has 5 nitrogen and oxygen atoms in total. The van der Waals surface area contributed by atoms with E-state index in [1.165, 1.54) is 0 Å². The van der Waals surface area contributed by atoms with Crippen LogP contribution in [0.2, 0.25) is 0 Å². The number of unbranched alkanes of at least 4 members (excludes halogenated alkanes) is 1. The van der Waals surface area contributed by atoms with Crippen LogP contribution in [0.25, 0.3) is 11.0 Å². The average molecular weight is 260 g/mol. The molecular weight excluding hydrogens is 240 g/mol.